The molecule has 0 bridgehead atoms. The van der Waals surface area contributed by atoms with Gasteiger partial charge in [0.1, 0.15) is 0 Å². The summed E-state index contributed by atoms with van der Waals surface area (Å²) in [5.41, 5.74) is 5.57. The molecule has 0 spiro atoms. The molecule has 13 heavy (non-hydrogen) atoms. The molecule has 0 aliphatic rings. The van der Waals surface area contributed by atoms with Crippen molar-refractivity contribution in [1.29, 1.82) is 0 Å². The Morgan fingerprint density at radius 1 is 1.62 bits per heavy atom. The van der Waals surface area contributed by atoms with Crippen molar-refractivity contribution in [3.63, 3.8) is 0 Å². The number of hydrogen-bond donors (Lipinski definition) is 2. The van der Waals surface area contributed by atoms with E-state index in [1.807, 2.05) is 0 Å². The maximum atomic E-state index is 13.2. The monoisotopic (exact) mass is 201 g/mol. The van der Waals surface area contributed by atoms with Gasteiger partial charge in [-0.25, -0.2) is 4.39 Å². The Kier molecular flexibility index (Phi) is 3.08. The van der Waals surface area contributed by atoms with Gasteiger partial charge in [0.05, 0.1) is 10.7 Å². The lowest BCUT2D eigenvalue weighted by molar-refractivity contribution is 0.632. The topological polar surface area (TPSA) is 50.4 Å². The van der Waals surface area contributed by atoms with Gasteiger partial charge in [-0.05, 0) is 12.1 Å². The van der Waals surface area contributed by atoms with Crippen LogP contribution in [-0.2, 0) is 0 Å². The van der Waals surface area contributed by atoms with Gasteiger partial charge in [-0.1, -0.05) is 17.7 Å². The second kappa shape index (κ2) is 4.09. The second-order valence-electron chi connectivity index (χ2n) is 2.34. The molecule has 0 heterocycles. The second-order valence-corrected chi connectivity index (χ2v) is 2.74. The Morgan fingerprint density at radius 2 is 2.31 bits per heavy atom. The molecule has 0 amide bonds. The third-order valence-electron chi connectivity index (χ3n) is 1.46. The van der Waals surface area contributed by atoms with Crippen LogP contribution in [0.15, 0.2) is 23.2 Å². The summed E-state index contributed by atoms with van der Waals surface area (Å²) in [7, 11) is 1.50. The lowest BCUT2D eigenvalue weighted by Gasteiger charge is -2.06. The van der Waals surface area contributed by atoms with E-state index >= 15 is 0 Å². The van der Waals surface area contributed by atoms with Gasteiger partial charge >= 0.3 is 0 Å². The van der Waals surface area contributed by atoms with Crippen LogP contribution in [-0.4, -0.2) is 13.0 Å². The average molecular weight is 202 g/mol. The Labute approximate surface area is 80.4 Å². The van der Waals surface area contributed by atoms with Crippen molar-refractivity contribution in [3.8, 4) is 0 Å². The van der Waals surface area contributed by atoms with Gasteiger partial charge in [0.25, 0.3) is 0 Å². The van der Waals surface area contributed by atoms with Gasteiger partial charge in [-0.15, -0.1) is 0 Å². The zero-order chi connectivity index (χ0) is 9.84. The van der Waals surface area contributed by atoms with E-state index in [1.165, 1.54) is 19.2 Å². The van der Waals surface area contributed by atoms with Crippen LogP contribution < -0.4 is 11.1 Å². The molecular formula is C8H9ClFN3. The van der Waals surface area contributed by atoms with Crippen LogP contribution in [0, 0.1) is 5.82 Å². The van der Waals surface area contributed by atoms with Gasteiger partial charge in [0, 0.05) is 7.05 Å². The predicted molar refractivity (Wildman–Crippen MR) is 52.6 cm³/mol. The maximum absolute atomic E-state index is 13.2. The van der Waals surface area contributed by atoms with Crippen LogP contribution in [0.2, 0.25) is 5.02 Å². The maximum Gasteiger partial charge on any atom is 0.192 e. The van der Waals surface area contributed by atoms with Crippen molar-refractivity contribution in [2.45, 2.75) is 0 Å². The van der Waals surface area contributed by atoms with E-state index in [-0.39, 0.29) is 16.7 Å². The minimum absolute atomic E-state index is 0.0499. The molecular weight excluding hydrogens is 193 g/mol. The highest BCUT2D eigenvalue weighted by Gasteiger charge is 2.05. The van der Waals surface area contributed by atoms with E-state index in [1.54, 1.807) is 6.07 Å². The minimum atomic E-state index is -0.532. The van der Waals surface area contributed by atoms with Crippen molar-refractivity contribution in [3.05, 3.63) is 29.0 Å². The summed E-state index contributed by atoms with van der Waals surface area (Å²) >= 11 is 5.54. The van der Waals surface area contributed by atoms with Gasteiger partial charge in [0.2, 0.25) is 0 Å². The lowest BCUT2D eigenvalue weighted by Crippen LogP contribution is -2.22. The standard InChI is InChI=1S/C8H9ClFN3/c1-12-8(11)13-6-4-2-3-5(9)7(6)10/h2-4H,1H3,(H3,11,12,13). The molecule has 5 heteroatoms. The van der Waals surface area contributed by atoms with Crippen LogP contribution in [0.5, 0.6) is 0 Å². The summed E-state index contributed by atoms with van der Waals surface area (Å²) in [4.78, 5) is 3.63. The van der Waals surface area contributed by atoms with E-state index in [2.05, 4.69) is 10.3 Å². The van der Waals surface area contributed by atoms with E-state index < -0.39 is 5.82 Å². The fraction of sp³-hybridized carbons (Fsp3) is 0.125. The number of hydrogen-bond acceptors (Lipinski definition) is 1. The largest absolute Gasteiger partial charge is 0.370 e. The SMILES string of the molecule is CN=C(N)Nc1cccc(Cl)c1F. The minimum Gasteiger partial charge on any atom is -0.370 e. The molecule has 1 aromatic rings. The van der Waals surface area contributed by atoms with Crippen molar-refractivity contribution < 1.29 is 4.39 Å². The van der Waals surface area contributed by atoms with E-state index in [4.69, 9.17) is 17.3 Å². The predicted octanol–water partition coefficient (Wildman–Crippen LogP) is 1.84. The summed E-state index contributed by atoms with van der Waals surface area (Å²) in [5, 5.41) is 2.62. The number of rotatable bonds is 1. The van der Waals surface area contributed by atoms with Gasteiger partial charge < -0.3 is 11.1 Å². The van der Waals surface area contributed by atoms with Crippen molar-refractivity contribution in [1.82, 2.24) is 0 Å². The molecule has 0 radical (unpaired) electrons. The van der Waals surface area contributed by atoms with E-state index in [9.17, 15) is 4.39 Å². The van der Waals surface area contributed by atoms with Crippen molar-refractivity contribution in [2.75, 3.05) is 12.4 Å². The fourth-order valence-corrected chi connectivity index (χ4v) is 0.969. The molecule has 0 unspecified atom stereocenters. The number of nitrogens with one attached hydrogen (secondary N) is 1. The van der Waals surface area contributed by atoms with Gasteiger partial charge in [-0.3, -0.25) is 4.99 Å². The third kappa shape index (κ3) is 2.32. The fourth-order valence-electron chi connectivity index (χ4n) is 0.794. The first-order valence-corrected chi connectivity index (χ1v) is 3.96. The smallest absolute Gasteiger partial charge is 0.192 e. The molecule has 0 fully saturated rings. The lowest BCUT2D eigenvalue weighted by atomic mass is 10.3. The molecule has 3 nitrogen and oxygen atoms in total. The van der Waals surface area contributed by atoms with Gasteiger partial charge in [0.15, 0.2) is 11.8 Å². The first-order valence-electron chi connectivity index (χ1n) is 3.58. The van der Waals surface area contributed by atoms with E-state index in [0.717, 1.165) is 0 Å². The number of aliphatic imine (C=N–C) groups is 1. The Hall–Kier alpha value is -1.29. The number of nitrogens with two attached hydrogens (primary N) is 1. The number of guanidine groups is 1. The molecule has 1 aromatic carbocycles. The molecule has 70 valence electrons. The molecule has 0 aliphatic carbocycles. The van der Waals surface area contributed by atoms with Crippen LogP contribution >= 0.6 is 11.6 Å². The van der Waals surface area contributed by atoms with Crippen LogP contribution in [0.1, 0.15) is 0 Å². The molecule has 0 saturated heterocycles. The molecule has 0 aromatic heterocycles. The molecule has 0 aliphatic heterocycles. The summed E-state index contributed by atoms with van der Waals surface area (Å²) in [6.45, 7) is 0. The Balaban J connectivity index is 2.96. The highest BCUT2D eigenvalue weighted by atomic mass is 35.5. The van der Waals surface area contributed by atoms with Crippen LogP contribution in [0.3, 0.4) is 0 Å². The van der Waals surface area contributed by atoms with Crippen molar-refractivity contribution >= 4 is 23.2 Å². The summed E-state index contributed by atoms with van der Waals surface area (Å²) in [5.74, 6) is -0.392. The zero-order valence-electron chi connectivity index (χ0n) is 7.01. The highest BCUT2D eigenvalue weighted by Crippen LogP contribution is 2.21. The average Bonchev–Trinajstić information content (AvgIpc) is 2.13. The summed E-state index contributed by atoms with van der Waals surface area (Å²) < 4.78 is 13.2. The normalized spacial score (nSPS) is 11.5. The van der Waals surface area contributed by atoms with Gasteiger partial charge in [-0.2, -0.15) is 0 Å². The molecule has 0 saturated carbocycles. The summed E-state index contributed by atoms with van der Waals surface area (Å²) in [6, 6.07) is 4.61. The number of nitrogens with zero attached hydrogens (tertiary/aromatic N) is 1. The van der Waals surface area contributed by atoms with Crippen molar-refractivity contribution in [2.24, 2.45) is 10.7 Å². The zero-order valence-corrected chi connectivity index (χ0v) is 7.77. The Morgan fingerprint density at radius 3 is 2.92 bits per heavy atom. The number of anilines is 1. The van der Waals surface area contributed by atoms with Crippen LogP contribution in [0.4, 0.5) is 10.1 Å². The third-order valence-corrected chi connectivity index (χ3v) is 1.75. The molecule has 3 N–H and O–H groups in total. The first-order chi connectivity index (χ1) is 6.15. The summed E-state index contributed by atoms with van der Waals surface area (Å²) in [6.07, 6.45) is 0. The number of halogens is 2. The Bertz CT molecular complexity index is 338. The first kappa shape index (κ1) is 9.80. The number of benzene rings is 1. The molecule has 0 atom stereocenters. The highest BCUT2D eigenvalue weighted by molar-refractivity contribution is 6.31. The van der Waals surface area contributed by atoms with E-state index in [0.29, 0.717) is 0 Å². The van der Waals surface area contributed by atoms with Crippen LogP contribution in [0.25, 0.3) is 0 Å². The quantitative estimate of drug-likeness (QED) is 0.538. The molecule has 1 rings (SSSR count).